The molecule has 2 unspecified atom stereocenters. The lowest BCUT2D eigenvalue weighted by atomic mass is 9.66. The van der Waals surface area contributed by atoms with Crippen molar-refractivity contribution in [1.82, 2.24) is 14.5 Å². The molecule has 0 spiro atoms. The highest BCUT2D eigenvalue weighted by Crippen LogP contribution is 2.41. The molecule has 0 N–H and O–H groups in total. The van der Waals surface area contributed by atoms with Crippen LogP contribution in [-0.4, -0.2) is 20.6 Å². The van der Waals surface area contributed by atoms with Gasteiger partial charge in [-0.2, -0.15) is 0 Å². The average Bonchev–Trinajstić information content (AvgIpc) is 3.21. The van der Waals surface area contributed by atoms with E-state index in [0.29, 0.717) is 5.41 Å². The van der Waals surface area contributed by atoms with Crippen molar-refractivity contribution in [3.05, 3.63) is 59.2 Å². The van der Waals surface area contributed by atoms with Gasteiger partial charge in [0.25, 0.3) is 0 Å². The molecule has 1 aromatic carbocycles. The maximum absolute atomic E-state index is 6.39. The maximum atomic E-state index is 6.39. The molecular weight excluding hydrogens is 322 g/mol. The molecule has 2 aliphatic rings. The van der Waals surface area contributed by atoms with E-state index in [-0.39, 0.29) is 12.3 Å². The molecule has 1 aliphatic carbocycles. The second-order valence-corrected chi connectivity index (χ2v) is 8.47. The smallest absolute Gasteiger partial charge is 0.145 e. The van der Waals surface area contributed by atoms with Gasteiger partial charge < -0.3 is 9.30 Å². The highest BCUT2D eigenvalue weighted by atomic mass is 16.5. The SMILES string of the molecule is Cc1ncnc2c1ccn2C1CCC(Cc2ccc3c(c2)CC3(C)C)O1. The summed E-state index contributed by atoms with van der Waals surface area (Å²) in [4.78, 5) is 8.75. The van der Waals surface area contributed by atoms with Gasteiger partial charge in [-0.1, -0.05) is 32.0 Å². The Morgan fingerprint density at radius 2 is 2.08 bits per heavy atom. The lowest BCUT2D eigenvalue weighted by molar-refractivity contribution is 0.00504. The lowest BCUT2D eigenvalue weighted by Crippen LogP contribution is -2.32. The van der Waals surface area contributed by atoms with E-state index in [1.54, 1.807) is 6.33 Å². The van der Waals surface area contributed by atoms with Crippen molar-refractivity contribution in [1.29, 1.82) is 0 Å². The van der Waals surface area contributed by atoms with Gasteiger partial charge in [-0.05, 0) is 60.8 Å². The molecule has 0 radical (unpaired) electrons. The molecule has 134 valence electrons. The Balaban J connectivity index is 1.32. The number of rotatable bonds is 3. The van der Waals surface area contributed by atoms with Crippen LogP contribution in [0.5, 0.6) is 0 Å². The predicted molar refractivity (Wildman–Crippen MR) is 102 cm³/mol. The fourth-order valence-corrected chi connectivity index (χ4v) is 4.68. The fraction of sp³-hybridized carbons (Fsp3) is 0.455. The van der Waals surface area contributed by atoms with E-state index in [2.05, 4.69) is 58.8 Å². The number of aromatic nitrogens is 3. The summed E-state index contributed by atoms with van der Waals surface area (Å²) in [5.74, 6) is 0. The summed E-state index contributed by atoms with van der Waals surface area (Å²) in [7, 11) is 0. The molecular formula is C22H25N3O. The van der Waals surface area contributed by atoms with Crippen molar-refractivity contribution in [3.63, 3.8) is 0 Å². The van der Waals surface area contributed by atoms with E-state index in [4.69, 9.17) is 4.74 Å². The molecule has 0 amide bonds. The molecule has 4 heteroatoms. The molecule has 1 saturated heterocycles. The first kappa shape index (κ1) is 16.0. The van der Waals surface area contributed by atoms with Crippen LogP contribution in [0.2, 0.25) is 0 Å². The normalized spacial score (nSPS) is 23.8. The number of aryl methyl sites for hydroxylation is 1. The second kappa shape index (κ2) is 5.65. The van der Waals surface area contributed by atoms with E-state index in [9.17, 15) is 0 Å². The van der Waals surface area contributed by atoms with Crippen molar-refractivity contribution in [2.24, 2.45) is 0 Å². The van der Waals surface area contributed by atoms with Crippen molar-refractivity contribution in [2.75, 3.05) is 0 Å². The molecule has 26 heavy (non-hydrogen) atoms. The zero-order valence-electron chi connectivity index (χ0n) is 15.7. The molecule has 0 bridgehead atoms. The van der Waals surface area contributed by atoms with E-state index >= 15 is 0 Å². The quantitative estimate of drug-likeness (QED) is 0.701. The maximum Gasteiger partial charge on any atom is 0.145 e. The van der Waals surface area contributed by atoms with Crippen LogP contribution in [0.3, 0.4) is 0 Å². The van der Waals surface area contributed by atoms with Gasteiger partial charge in [-0.15, -0.1) is 0 Å². The van der Waals surface area contributed by atoms with Crippen LogP contribution in [0.1, 0.15) is 55.3 Å². The first-order chi connectivity index (χ1) is 12.5. The summed E-state index contributed by atoms with van der Waals surface area (Å²) in [5, 5.41) is 1.12. The van der Waals surface area contributed by atoms with Crippen LogP contribution in [0.4, 0.5) is 0 Å². The van der Waals surface area contributed by atoms with E-state index in [1.807, 2.05) is 6.92 Å². The zero-order valence-corrected chi connectivity index (χ0v) is 15.7. The highest BCUT2D eigenvalue weighted by molar-refractivity contribution is 5.78. The van der Waals surface area contributed by atoms with Crippen molar-refractivity contribution >= 4 is 11.0 Å². The van der Waals surface area contributed by atoms with Crippen molar-refractivity contribution < 1.29 is 4.74 Å². The van der Waals surface area contributed by atoms with Crippen molar-refractivity contribution in [2.45, 2.75) is 64.2 Å². The molecule has 1 aliphatic heterocycles. The summed E-state index contributed by atoms with van der Waals surface area (Å²) in [5.41, 5.74) is 6.80. The van der Waals surface area contributed by atoms with Gasteiger partial charge >= 0.3 is 0 Å². The van der Waals surface area contributed by atoms with Crippen LogP contribution < -0.4 is 0 Å². The third-order valence-electron chi connectivity index (χ3n) is 6.10. The lowest BCUT2D eigenvalue weighted by Gasteiger charge is -2.38. The van der Waals surface area contributed by atoms with Crippen LogP contribution in [-0.2, 0) is 23.0 Å². The van der Waals surface area contributed by atoms with Gasteiger partial charge in [0.1, 0.15) is 18.2 Å². The van der Waals surface area contributed by atoms with Crippen LogP contribution in [0.15, 0.2) is 36.8 Å². The Bertz CT molecular complexity index is 988. The standard InChI is InChI=1S/C22H25N3O/c1-14-18-8-9-25(21(18)24-13-23-14)20-7-5-17(26-20)11-15-4-6-19-16(10-15)12-22(19,2)3/h4,6,8-10,13,17,20H,5,7,11-12H2,1-3H3. The van der Waals surface area contributed by atoms with Crippen molar-refractivity contribution in [3.8, 4) is 0 Å². The minimum Gasteiger partial charge on any atom is -0.354 e. The van der Waals surface area contributed by atoms with Crippen LogP contribution in [0.25, 0.3) is 11.0 Å². The minimum absolute atomic E-state index is 0.0809. The number of fused-ring (bicyclic) bond motifs is 2. The summed E-state index contributed by atoms with van der Waals surface area (Å²) in [6.07, 6.45) is 8.42. The van der Waals surface area contributed by atoms with Gasteiger partial charge in [-0.25, -0.2) is 9.97 Å². The van der Waals surface area contributed by atoms with E-state index in [0.717, 1.165) is 36.0 Å². The topological polar surface area (TPSA) is 39.9 Å². The number of ether oxygens (including phenoxy) is 1. The monoisotopic (exact) mass is 347 g/mol. The Morgan fingerprint density at radius 1 is 1.19 bits per heavy atom. The molecule has 5 rings (SSSR count). The number of hydrogen-bond donors (Lipinski definition) is 0. The number of benzene rings is 1. The number of hydrogen-bond acceptors (Lipinski definition) is 3. The first-order valence-corrected chi connectivity index (χ1v) is 9.57. The summed E-state index contributed by atoms with van der Waals surface area (Å²) in [6, 6.07) is 9.09. The Labute approximate surface area is 154 Å². The molecule has 1 fully saturated rings. The summed E-state index contributed by atoms with van der Waals surface area (Å²) in [6.45, 7) is 6.68. The van der Waals surface area contributed by atoms with E-state index < -0.39 is 0 Å². The zero-order chi connectivity index (χ0) is 17.9. The van der Waals surface area contributed by atoms with Gasteiger partial charge in [-0.3, -0.25) is 0 Å². The van der Waals surface area contributed by atoms with Gasteiger partial charge in [0.05, 0.1) is 11.8 Å². The molecule has 2 aromatic heterocycles. The first-order valence-electron chi connectivity index (χ1n) is 9.57. The molecule has 3 heterocycles. The third-order valence-corrected chi connectivity index (χ3v) is 6.10. The predicted octanol–water partition coefficient (Wildman–Crippen LogP) is 4.49. The third kappa shape index (κ3) is 2.47. The Hall–Kier alpha value is -2.20. The highest BCUT2D eigenvalue weighted by Gasteiger charge is 2.34. The Morgan fingerprint density at radius 3 is 2.88 bits per heavy atom. The minimum atomic E-state index is 0.0809. The second-order valence-electron chi connectivity index (χ2n) is 8.47. The van der Waals surface area contributed by atoms with Gasteiger partial charge in [0.2, 0.25) is 0 Å². The average molecular weight is 347 g/mol. The number of nitrogens with zero attached hydrogens (tertiary/aromatic N) is 3. The molecule has 3 aromatic rings. The van der Waals surface area contributed by atoms with Crippen LogP contribution >= 0.6 is 0 Å². The Kier molecular flexibility index (Phi) is 3.48. The van der Waals surface area contributed by atoms with Gasteiger partial charge in [0.15, 0.2) is 0 Å². The molecule has 4 nitrogen and oxygen atoms in total. The molecule has 2 atom stereocenters. The fourth-order valence-electron chi connectivity index (χ4n) is 4.68. The largest absolute Gasteiger partial charge is 0.354 e. The summed E-state index contributed by atoms with van der Waals surface area (Å²) < 4.78 is 8.56. The van der Waals surface area contributed by atoms with E-state index in [1.165, 1.54) is 23.1 Å². The summed E-state index contributed by atoms with van der Waals surface area (Å²) >= 11 is 0. The van der Waals surface area contributed by atoms with Gasteiger partial charge in [0, 0.05) is 11.6 Å². The molecule has 0 saturated carbocycles. The van der Waals surface area contributed by atoms with Crippen LogP contribution in [0, 0.1) is 6.92 Å².